The van der Waals surface area contributed by atoms with E-state index in [0.29, 0.717) is 5.41 Å². The number of hydrogen-bond donors (Lipinski definition) is 3. The fraction of sp³-hybridized carbons (Fsp3) is 0.909. The number of rotatable bonds is 6. The van der Waals surface area contributed by atoms with E-state index in [0.717, 1.165) is 12.5 Å². The number of hydrogen-bond acceptors (Lipinski definition) is 3. The van der Waals surface area contributed by atoms with Crippen LogP contribution in [-0.2, 0) is 4.79 Å². The van der Waals surface area contributed by atoms with Gasteiger partial charge in [-0.2, -0.15) is 0 Å². The standard InChI is InChI=1S/C11H19NO3/c1-10(15,9(13)14)6-12-7-11(4-5-11)8-2-3-8/h8,12,15H,2-7H2,1H3,(H,13,14). The molecule has 3 N–H and O–H groups in total. The predicted molar refractivity (Wildman–Crippen MR) is 55.5 cm³/mol. The van der Waals surface area contributed by atoms with Gasteiger partial charge in [-0.25, -0.2) is 4.79 Å². The molecule has 1 atom stereocenters. The van der Waals surface area contributed by atoms with E-state index in [2.05, 4.69) is 5.32 Å². The van der Waals surface area contributed by atoms with Crippen molar-refractivity contribution in [2.24, 2.45) is 11.3 Å². The van der Waals surface area contributed by atoms with Crippen molar-refractivity contribution in [3.05, 3.63) is 0 Å². The van der Waals surface area contributed by atoms with Gasteiger partial charge >= 0.3 is 5.97 Å². The van der Waals surface area contributed by atoms with Crippen LogP contribution in [0.15, 0.2) is 0 Å². The van der Waals surface area contributed by atoms with Gasteiger partial charge in [0, 0.05) is 13.1 Å². The van der Waals surface area contributed by atoms with E-state index in [1.165, 1.54) is 32.6 Å². The fourth-order valence-electron chi connectivity index (χ4n) is 2.22. The fourth-order valence-corrected chi connectivity index (χ4v) is 2.22. The molecule has 4 heteroatoms. The second-order valence-electron chi connectivity index (χ2n) is 5.32. The Morgan fingerprint density at radius 3 is 2.53 bits per heavy atom. The summed E-state index contributed by atoms with van der Waals surface area (Å²) in [6.45, 7) is 2.33. The number of nitrogens with one attached hydrogen (secondary N) is 1. The van der Waals surface area contributed by atoms with Crippen LogP contribution in [0, 0.1) is 11.3 Å². The van der Waals surface area contributed by atoms with E-state index in [1.807, 2.05) is 0 Å². The smallest absolute Gasteiger partial charge is 0.336 e. The molecule has 0 spiro atoms. The van der Waals surface area contributed by atoms with E-state index < -0.39 is 11.6 Å². The Kier molecular flexibility index (Phi) is 2.51. The Morgan fingerprint density at radius 2 is 2.13 bits per heavy atom. The first-order valence-electron chi connectivity index (χ1n) is 5.63. The van der Waals surface area contributed by atoms with Gasteiger partial charge < -0.3 is 15.5 Å². The molecule has 2 rings (SSSR count). The lowest BCUT2D eigenvalue weighted by Gasteiger charge is -2.21. The van der Waals surface area contributed by atoms with Crippen LogP contribution in [0.4, 0.5) is 0 Å². The third-order valence-corrected chi connectivity index (χ3v) is 3.74. The zero-order valence-electron chi connectivity index (χ0n) is 9.12. The molecule has 86 valence electrons. The molecule has 15 heavy (non-hydrogen) atoms. The largest absolute Gasteiger partial charge is 0.479 e. The summed E-state index contributed by atoms with van der Waals surface area (Å²) in [5, 5.41) is 21.3. The zero-order chi connectivity index (χ0) is 11.1. The van der Waals surface area contributed by atoms with E-state index in [-0.39, 0.29) is 6.54 Å². The number of carboxylic acids is 1. The number of carbonyl (C=O) groups is 1. The quantitative estimate of drug-likeness (QED) is 0.604. The number of carboxylic acid groups (broad SMARTS) is 1. The Hall–Kier alpha value is -0.610. The van der Waals surface area contributed by atoms with Gasteiger partial charge in [-0.3, -0.25) is 0 Å². The molecule has 0 heterocycles. The van der Waals surface area contributed by atoms with Crippen molar-refractivity contribution in [2.75, 3.05) is 13.1 Å². The van der Waals surface area contributed by atoms with Gasteiger partial charge in [0.15, 0.2) is 5.60 Å². The highest BCUT2D eigenvalue weighted by molar-refractivity contribution is 5.76. The second kappa shape index (κ2) is 3.46. The van der Waals surface area contributed by atoms with Gasteiger partial charge in [0.25, 0.3) is 0 Å². The predicted octanol–water partition coefficient (Wildman–Crippen LogP) is 0.602. The van der Waals surface area contributed by atoms with Crippen molar-refractivity contribution in [1.82, 2.24) is 5.32 Å². The van der Waals surface area contributed by atoms with Gasteiger partial charge in [0.2, 0.25) is 0 Å². The monoisotopic (exact) mass is 213 g/mol. The minimum absolute atomic E-state index is 0.136. The first-order chi connectivity index (χ1) is 6.96. The summed E-state index contributed by atoms with van der Waals surface area (Å²) < 4.78 is 0. The lowest BCUT2D eigenvalue weighted by Crippen LogP contribution is -2.46. The van der Waals surface area contributed by atoms with Crippen LogP contribution in [-0.4, -0.2) is 34.9 Å². The second-order valence-corrected chi connectivity index (χ2v) is 5.32. The number of aliphatic carboxylic acids is 1. The lowest BCUT2D eigenvalue weighted by molar-refractivity contribution is -0.156. The third kappa shape index (κ3) is 2.32. The molecule has 2 aliphatic carbocycles. The van der Waals surface area contributed by atoms with Gasteiger partial charge in [0.05, 0.1) is 0 Å². The molecule has 0 aromatic carbocycles. The van der Waals surface area contributed by atoms with Crippen molar-refractivity contribution in [1.29, 1.82) is 0 Å². The van der Waals surface area contributed by atoms with E-state index in [1.54, 1.807) is 0 Å². The highest BCUT2D eigenvalue weighted by Gasteiger charge is 2.53. The third-order valence-electron chi connectivity index (χ3n) is 3.74. The molecule has 4 nitrogen and oxygen atoms in total. The van der Waals surface area contributed by atoms with Gasteiger partial charge in [-0.15, -0.1) is 0 Å². The Bertz CT molecular complexity index is 267. The molecule has 0 aromatic heterocycles. The van der Waals surface area contributed by atoms with Crippen LogP contribution in [0.25, 0.3) is 0 Å². The lowest BCUT2D eigenvalue weighted by atomic mass is 10.00. The van der Waals surface area contributed by atoms with Gasteiger partial charge in [-0.05, 0) is 43.9 Å². The van der Waals surface area contributed by atoms with Crippen molar-refractivity contribution < 1.29 is 15.0 Å². The molecule has 0 aromatic rings. The van der Waals surface area contributed by atoms with E-state index in [9.17, 15) is 9.90 Å². The summed E-state index contributed by atoms with van der Waals surface area (Å²) in [7, 11) is 0. The summed E-state index contributed by atoms with van der Waals surface area (Å²) >= 11 is 0. The minimum atomic E-state index is -1.64. The summed E-state index contributed by atoms with van der Waals surface area (Å²) in [5.74, 6) is -0.300. The van der Waals surface area contributed by atoms with Crippen LogP contribution >= 0.6 is 0 Å². The van der Waals surface area contributed by atoms with Gasteiger partial charge in [0.1, 0.15) is 0 Å². The molecular formula is C11H19NO3. The van der Waals surface area contributed by atoms with Crippen LogP contribution in [0.5, 0.6) is 0 Å². The van der Waals surface area contributed by atoms with Crippen molar-refractivity contribution in [3.8, 4) is 0 Å². The maximum Gasteiger partial charge on any atom is 0.336 e. The number of aliphatic hydroxyl groups is 1. The minimum Gasteiger partial charge on any atom is -0.479 e. The molecule has 0 aliphatic heterocycles. The van der Waals surface area contributed by atoms with E-state index >= 15 is 0 Å². The molecule has 0 radical (unpaired) electrons. The highest BCUT2D eigenvalue weighted by Crippen LogP contribution is 2.60. The van der Waals surface area contributed by atoms with Crippen LogP contribution < -0.4 is 5.32 Å². The van der Waals surface area contributed by atoms with Crippen molar-refractivity contribution >= 4 is 5.97 Å². The zero-order valence-corrected chi connectivity index (χ0v) is 9.12. The normalized spacial score (nSPS) is 27.1. The first-order valence-corrected chi connectivity index (χ1v) is 5.63. The van der Waals surface area contributed by atoms with Crippen LogP contribution in [0.2, 0.25) is 0 Å². The summed E-state index contributed by atoms with van der Waals surface area (Å²) in [4.78, 5) is 10.6. The Balaban J connectivity index is 1.73. The average molecular weight is 213 g/mol. The molecule has 1 unspecified atom stereocenters. The molecule has 2 fully saturated rings. The SMILES string of the molecule is CC(O)(CNCC1(C2CC2)CC1)C(=O)O. The summed E-state index contributed by atoms with van der Waals surface area (Å²) in [6, 6.07) is 0. The maximum absolute atomic E-state index is 10.6. The molecule has 0 saturated heterocycles. The Labute approximate surface area is 89.7 Å². The Morgan fingerprint density at radius 1 is 1.53 bits per heavy atom. The summed E-state index contributed by atoms with van der Waals surface area (Å²) in [6.07, 6.45) is 5.19. The molecular weight excluding hydrogens is 194 g/mol. The first kappa shape index (κ1) is 10.9. The van der Waals surface area contributed by atoms with Crippen LogP contribution in [0.3, 0.4) is 0 Å². The molecule has 0 amide bonds. The highest BCUT2D eigenvalue weighted by atomic mass is 16.4. The summed E-state index contributed by atoms with van der Waals surface area (Å²) in [5.41, 5.74) is -1.19. The molecule has 0 bridgehead atoms. The molecule has 2 saturated carbocycles. The average Bonchev–Trinajstić information content (AvgIpc) is 2.99. The topological polar surface area (TPSA) is 69.6 Å². The van der Waals surface area contributed by atoms with Crippen molar-refractivity contribution in [3.63, 3.8) is 0 Å². The molecule has 2 aliphatic rings. The maximum atomic E-state index is 10.6. The van der Waals surface area contributed by atoms with Gasteiger partial charge in [-0.1, -0.05) is 0 Å². The van der Waals surface area contributed by atoms with Crippen LogP contribution in [0.1, 0.15) is 32.6 Å². The van der Waals surface area contributed by atoms with Crippen molar-refractivity contribution in [2.45, 2.75) is 38.2 Å². The van der Waals surface area contributed by atoms with E-state index in [4.69, 9.17) is 5.11 Å².